The fraction of sp³-hybridized carbons (Fsp3) is 0.474. The second kappa shape index (κ2) is 7.07. The number of carbonyl (C=O) groups excluding carboxylic acids is 1. The van der Waals surface area contributed by atoms with Gasteiger partial charge in [0.15, 0.2) is 0 Å². The Morgan fingerprint density at radius 3 is 2.88 bits per heavy atom. The van der Waals surface area contributed by atoms with Crippen molar-refractivity contribution < 1.29 is 15.0 Å². The van der Waals surface area contributed by atoms with Crippen molar-refractivity contribution in [3.8, 4) is 0 Å². The van der Waals surface area contributed by atoms with Gasteiger partial charge in [-0.05, 0) is 24.0 Å². The molecule has 3 rings (SSSR count). The zero-order valence-electron chi connectivity index (χ0n) is 14.6. The Hall–Kier alpha value is -2.02. The SMILES string of the molecule is CC1(C)C[C@@H](O)[C@@H](O)CN(CC(=O)Nc2cnc3ccccc3c2)C1. The molecule has 0 aliphatic carbocycles. The van der Waals surface area contributed by atoms with Gasteiger partial charge in [-0.2, -0.15) is 0 Å². The van der Waals surface area contributed by atoms with Gasteiger partial charge in [0, 0.05) is 18.5 Å². The van der Waals surface area contributed by atoms with E-state index in [1.165, 1.54) is 0 Å². The van der Waals surface area contributed by atoms with Crippen LogP contribution >= 0.6 is 0 Å². The highest BCUT2D eigenvalue weighted by atomic mass is 16.3. The van der Waals surface area contributed by atoms with Crippen LogP contribution in [-0.4, -0.2) is 57.8 Å². The second-order valence-electron chi connectivity index (χ2n) is 7.64. The molecule has 2 aromatic rings. The monoisotopic (exact) mass is 343 g/mol. The molecule has 6 nitrogen and oxygen atoms in total. The molecule has 1 aliphatic rings. The minimum absolute atomic E-state index is 0.156. The molecule has 6 heteroatoms. The third-order valence-electron chi connectivity index (χ3n) is 4.54. The predicted octanol–water partition coefficient (Wildman–Crippen LogP) is 1.63. The maximum atomic E-state index is 12.4. The first-order valence-electron chi connectivity index (χ1n) is 8.55. The van der Waals surface area contributed by atoms with Crippen LogP contribution in [0.25, 0.3) is 10.9 Å². The van der Waals surface area contributed by atoms with Crippen LogP contribution in [0, 0.1) is 5.41 Å². The predicted molar refractivity (Wildman–Crippen MR) is 97.2 cm³/mol. The summed E-state index contributed by atoms with van der Waals surface area (Å²) in [6.45, 7) is 5.16. The first-order valence-corrected chi connectivity index (χ1v) is 8.55. The molecule has 1 aromatic carbocycles. The van der Waals surface area contributed by atoms with Crippen molar-refractivity contribution in [2.45, 2.75) is 32.5 Å². The van der Waals surface area contributed by atoms with E-state index in [1.807, 2.05) is 49.1 Å². The first-order chi connectivity index (χ1) is 11.8. The van der Waals surface area contributed by atoms with E-state index in [-0.39, 0.29) is 24.4 Å². The fourth-order valence-electron chi connectivity index (χ4n) is 3.49. The fourth-order valence-corrected chi connectivity index (χ4v) is 3.49. The van der Waals surface area contributed by atoms with E-state index in [0.717, 1.165) is 10.9 Å². The number of benzene rings is 1. The number of nitrogens with zero attached hydrogens (tertiary/aromatic N) is 2. The van der Waals surface area contributed by atoms with Crippen LogP contribution in [0.1, 0.15) is 20.3 Å². The molecule has 0 saturated carbocycles. The van der Waals surface area contributed by atoms with E-state index in [0.29, 0.717) is 18.7 Å². The van der Waals surface area contributed by atoms with Crippen molar-refractivity contribution in [1.29, 1.82) is 0 Å². The maximum Gasteiger partial charge on any atom is 0.238 e. The summed E-state index contributed by atoms with van der Waals surface area (Å²) in [6, 6.07) is 9.63. The van der Waals surface area contributed by atoms with Crippen LogP contribution in [0.3, 0.4) is 0 Å². The van der Waals surface area contributed by atoms with Crippen molar-refractivity contribution in [1.82, 2.24) is 9.88 Å². The van der Waals surface area contributed by atoms with E-state index >= 15 is 0 Å². The van der Waals surface area contributed by atoms with E-state index in [1.54, 1.807) is 6.20 Å². The normalized spacial score (nSPS) is 24.0. The molecule has 3 N–H and O–H groups in total. The number of carbonyl (C=O) groups is 1. The number of anilines is 1. The lowest BCUT2D eigenvalue weighted by molar-refractivity contribution is -0.117. The van der Waals surface area contributed by atoms with Crippen molar-refractivity contribution in [3.05, 3.63) is 36.5 Å². The van der Waals surface area contributed by atoms with Crippen LogP contribution in [0.5, 0.6) is 0 Å². The Morgan fingerprint density at radius 2 is 2.08 bits per heavy atom. The van der Waals surface area contributed by atoms with Crippen LogP contribution in [0.15, 0.2) is 36.5 Å². The van der Waals surface area contributed by atoms with E-state index in [2.05, 4.69) is 10.3 Å². The lowest BCUT2D eigenvalue weighted by Crippen LogP contribution is -2.41. The van der Waals surface area contributed by atoms with Crippen molar-refractivity contribution in [2.24, 2.45) is 5.41 Å². The van der Waals surface area contributed by atoms with Crippen molar-refractivity contribution in [2.75, 3.05) is 25.0 Å². The Balaban J connectivity index is 1.66. The average molecular weight is 343 g/mol. The summed E-state index contributed by atoms with van der Waals surface area (Å²) < 4.78 is 0. The molecule has 0 unspecified atom stereocenters. The van der Waals surface area contributed by atoms with Crippen LogP contribution in [-0.2, 0) is 4.79 Å². The highest BCUT2D eigenvalue weighted by Gasteiger charge is 2.34. The third-order valence-corrected chi connectivity index (χ3v) is 4.54. The van der Waals surface area contributed by atoms with Gasteiger partial charge >= 0.3 is 0 Å². The highest BCUT2D eigenvalue weighted by molar-refractivity contribution is 5.94. The number of fused-ring (bicyclic) bond motifs is 1. The van der Waals surface area contributed by atoms with Gasteiger partial charge < -0.3 is 15.5 Å². The number of β-amino-alcohol motifs (C(OH)–C–C–N with tert-alkyl or cyclic N) is 1. The summed E-state index contributed by atoms with van der Waals surface area (Å²) in [7, 11) is 0. The van der Waals surface area contributed by atoms with Gasteiger partial charge in [0.1, 0.15) is 0 Å². The Morgan fingerprint density at radius 1 is 1.32 bits per heavy atom. The molecule has 0 spiro atoms. The average Bonchev–Trinajstić information content (AvgIpc) is 2.62. The number of aromatic nitrogens is 1. The van der Waals surface area contributed by atoms with E-state index in [4.69, 9.17) is 0 Å². The van der Waals surface area contributed by atoms with E-state index < -0.39 is 12.2 Å². The molecule has 1 aromatic heterocycles. The highest BCUT2D eigenvalue weighted by Crippen LogP contribution is 2.28. The van der Waals surface area contributed by atoms with Gasteiger partial charge in [0.2, 0.25) is 5.91 Å². The lowest BCUT2D eigenvalue weighted by atomic mass is 9.86. The molecule has 1 saturated heterocycles. The number of pyridine rings is 1. The molecular weight excluding hydrogens is 318 g/mol. The maximum absolute atomic E-state index is 12.4. The summed E-state index contributed by atoms with van der Waals surface area (Å²) in [5.41, 5.74) is 1.37. The van der Waals surface area contributed by atoms with E-state index in [9.17, 15) is 15.0 Å². The quantitative estimate of drug-likeness (QED) is 0.789. The Labute approximate surface area is 147 Å². The number of likely N-dealkylation sites (tertiary alicyclic amines) is 1. The smallest absolute Gasteiger partial charge is 0.238 e. The van der Waals surface area contributed by atoms with Gasteiger partial charge in [-0.25, -0.2) is 0 Å². The van der Waals surface area contributed by atoms with Crippen molar-refractivity contribution >= 4 is 22.5 Å². The lowest BCUT2D eigenvalue weighted by Gasteiger charge is -2.29. The number of aliphatic hydroxyl groups excluding tert-OH is 2. The molecule has 0 radical (unpaired) electrons. The summed E-state index contributed by atoms with van der Waals surface area (Å²) in [5.74, 6) is -0.156. The molecule has 2 heterocycles. The first kappa shape index (κ1) is 17.8. The van der Waals surface area contributed by atoms with Crippen LogP contribution in [0.4, 0.5) is 5.69 Å². The number of para-hydroxylation sites is 1. The minimum Gasteiger partial charge on any atom is -0.390 e. The van der Waals surface area contributed by atoms with Gasteiger partial charge in [0.05, 0.1) is 36.2 Å². The standard InChI is InChI=1S/C19H25N3O3/c1-19(2)8-16(23)17(24)10-22(12-19)11-18(25)21-14-7-13-5-3-4-6-15(13)20-9-14/h3-7,9,16-17,23-24H,8,10-12H2,1-2H3,(H,21,25)/t16-,17+/m1/s1. The van der Waals surface area contributed by atoms with Crippen molar-refractivity contribution in [3.63, 3.8) is 0 Å². The molecule has 1 amide bonds. The van der Waals surface area contributed by atoms with Crippen LogP contribution < -0.4 is 5.32 Å². The zero-order valence-corrected chi connectivity index (χ0v) is 14.6. The Bertz CT molecular complexity index is 762. The van der Waals surface area contributed by atoms with Gasteiger partial charge in [-0.15, -0.1) is 0 Å². The summed E-state index contributed by atoms with van der Waals surface area (Å²) in [6.07, 6.45) is 0.566. The summed E-state index contributed by atoms with van der Waals surface area (Å²) >= 11 is 0. The number of rotatable bonds is 3. The van der Waals surface area contributed by atoms with Gasteiger partial charge in [-0.3, -0.25) is 14.7 Å². The minimum atomic E-state index is -0.836. The molecule has 1 aliphatic heterocycles. The summed E-state index contributed by atoms with van der Waals surface area (Å²) in [5, 5.41) is 23.9. The third kappa shape index (κ3) is 4.54. The number of hydrogen-bond donors (Lipinski definition) is 3. The zero-order chi connectivity index (χ0) is 18.0. The Kier molecular flexibility index (Phi) is 5.03. The summed E-state index contributed by atoms with van der Waals surface area (Å²) in [4.78, 5) is 18.6. The molecule has 134 valence electrons. The number of nitrogens with one attached hydrogen (secondary N) is 1. The molecule has 2 atom stereocenters. The van der Waals surface area contributed by atoms with Gasteiger partial charge in [-0.1, -0.05) is 32.0 Å². The second-order valence-corrected chi connectivity index (χ2v) is 7.64. The molecular formula is C19H25N3O3. The molecule has 1 fully saturated rings. The van der Waals surface area contributed by atoms with Crippen LogP contribution in [0.2, 0.25) is 0 Å². The largest absolute Gasteiger partial charge is 0.390 e. The number of amides is 1. The molecule has 25 heavy (non-hydrogen) atoms. The number of hydrogen-bond acceptors (Lipinski definition) is 5. The number of aliphatic hydroxyl groups is 2. The topological polar surface area (TPSA) is 85.7 Å². The molecule has 0 bridgehead atoms. The van der Waals surface area contributed by atoms with Gasteiger partial charge in [0.25, 0.3) is 0 Å².